The minimum atomic E-state index is -0.173. The van der Waals surface area contributed by atoms with E-state index in [2.05, 4.69) is 5.32 Å². The molecule has 15 heavy (non-hydrogen) atoms. The van der Waals surface area contributed by atoms with Crippen molar-refractivity contribution in [1.29, 1.82) is 0 Å². The minimum absolute atomic E-state index is 0.0438. The van der Waals surface area contributed by atoms with Crippen LogP contribution in [0.4, 0.5) is 0 Å². The first-order chi connectivity index (χ1) is 6.89. The number of hydrogen-bond donors (Lipinski definition) is 2. The minimum Gasteiger partial charge on any atom is -0.396 e. The van der Waals surface area contributed by atoms with E-state index in [0.717, 1.165) is 19.5 Å². The smallest absolute Gasteiger partial charge is 0.234 e. The molecule has 0 radical (unpaired) electrons. The molecule has 0 spiro atoms. The van der Waals surface area contributed by atoms with Gasteiger partial charge in [-0.3, -0.25) is 9.69 Å². The van der Waals surface area contributed by atoms with Gasteiger partial charge in [-0.2, -0.15) is 0 Å². The Labute approximate surface area is 92.7 Å². The zero-order valence-electron chi connectivity index (χ0n) is 10.3. The van der Waals surface area contributed by atoms with Crippen molar-refractivity contribution in [1.82, 2.24) is 10.2 Å². The Morgan fingerprint density at radius 2 is 2.00 bits per heavy atom. The number of nitrogens with zero attached hydrogens (tertiary/aromatic N) is 1. The lowest BCUT2D eigenvalue weighted by atomic mass is 10.1. The van der Waals surface area contributed by atoms with E-state index in [1.54, 1.807) is 0 Å². The summed E-state index contributed by atoms with van der Waals surface area (Å²) in [6.45, 7) is 10.1. The molecular formula is C11H24N2O2. The lowest BCUT2D eigenvalue weighted by Gasteiger charge is -2.24. The quantitative estimate of drug-likeness (QED) is 0.684. The van der Waals surface area contributed by atoms with Gasteiger partial charge in [0.25, 0.3) is 0 Å². The fraction of sp³-hybridized carbons (Fsp3) is 0.909. The lowest BCUT2D eigenvalue weighted by Crippen LogP contribution is -2.46. The van der Waals surface area contributed by atoms with Crippen molar-refractivity contribution >= 4 is 5.91 Å². The molecule has 0 heterocycles. The van der Waals surface area contributed by atoms with Crippen molar-refractivity contribution in [2.75, 3.05) is 26.2 Å². The van der Waals surface area contributed by atoms with E-state index in [1.165, 1.54) is 0 Å². The van der Waals surface area contributed by atoms with Gasteiger partial charge in [0.15, 0.2) is 0 Å². The van der Waals surface area contributed by atoms with Gasteiger partial charge in [-0.25, -0.2) is 0 Å². The van der Waals surface area contributed by atoms with Crippen LogP contribution in [0, 0.1) is 0 Å². The summed E-state index contributed by atoms with van der Waals surface area (Å²) in [7, 11) is 0. The molecule has 0 aliphatic carbocycles. The van der Waals surface area contributed by atoms with Crippen molar-refractivity contribution in [3.63, 3.8) is 0 Å². The van der Waals surface area contributed by atoms with Crippen molar-refractivity contribution in [2.24, 2.45) is 0 Å². The van der Waals surface area contributed by atoms with Gasteiger partial charge in [-0.1, -0.05) is 6.92 Å². The van der Waals surface area contributed by atoms with Gasteiger partial charge in [0.1, 0.15) is 0 Å². The van der Waals surface area contributed by atoms with Gasteiger partial charge >= 0.3 is 0 Å². The molecule has 0 unspecified atom stereocenters. The maximum absolute atomic E-state index is 11.6. The largest absolute Gasteiger partial charge is 0.396 e. The van der Waals surface area contributed by atoms with E-state index in [-0.39, 0.29) is 18.1 Å². The predicted octanol–water partition coefficient (Wildman–Crippen LogP) is 0.605. The Bertz CT molecular complexity index is 188. The molecule has 2 N–H and O–H groups in total. The second-order valence-corrected chi connectivity index (χ2v) is 4.74. The summed E-state index contributed by atoms with van der Waals surface area (Å²) in [5.74, 6) is 0.0438. The van der Waals surface area contributed by atoms with Crippen LogP contribution in [0.5, 0.6) is 0 Å². The van der Waals surface area contributed by atoms with Gasteiger partial charge in [0, 0.05) is 18.7 Å². The SMILES string of the molecule is CCN(CCCO)CC(=O)NC(C)(C)C. The van der Waals surface area contributed by atoms with Crippen molar-refractivity contribution < 1.29 is 9.90 Å². The van der Waals surface area contributed by atoms with Crippen LogP contribution >= 0.6 is 0 Å². The molecular weight excluding hydrogens is 192 g/mol. The van der Waals surface area contributed by atoms with Crippen LogP contribution < -0.4 is 5.32 Å². The van der Waals surface area contributed by atoms with Gasteiger partial charge in [0.2, 0.25) is 5.91 Å². The van der Waals surface area contributed by atoms with E-state index in [0.29, 0.717) is 6.54 Å². The molecule has 0 fully saturated rings. The molecule has 0 saturated heterocycles. The number of amides is 1. The number of nitrogens with one attached hydrogen (secondary N) is 1. The normalized spacial score (nSPS) is 11.9. The number of carbonyl (C=O) groups excluding carboxylic acids is 1. The van der Waals surface area contributed by atoms with Gasteiger partial charge in [-0.05, 0) is 33.7 Å². The van der Waals surface area contributed by atoms with E-state index < -0.39 is 0 Å². The summed E-state index contributed by atoms with van der Waals surface area (Å²) < 4.78 is 0. The Morgan fingerprint density at radius 3 is 2.40 bits per heavy atom. The maximum Gasteiger partial charge on any atom is 0.234 e. The second-order valence-electron chi connectivity index (χ2n) is 4.74. The molecule has 0 aliphatic heterocycles. The summed E-state index contributed by atoms with van der Waals surface area (Å²) in [5, 5.41) is 11.6. The zero-order chi connectivity index (χ0) is 11.9. The average Bonchev–Trinajstić information content (AvgIpc) is 2.09. The van der Waals surface area contributed by atoms with Crippen molar-refractivity contribution in [3.05, 3.63) is 0 Å². The molecule has 90 valence electrons. The van der Waals surface area contributed by atoms with Crippen LogP contribution in [0.3, 0.4) is 0 Å². The first kappa shape index (κ1) is 14.4. The highest BCUT2D eigenvalue weighted by molar-refractivity contribution is 5.78. The third-order valence-electron chi connectivity index (χ3n) is 1.96. The van der Waals surface area contributed by atoms with E-state index in [9.17, 15) is 4.79 Å². The van der Waals surface area contributed by atoms with Crippen molar-refractivity contribution in [3.8, 4) is 0 Å². The number of aliphatic hydroxyl groups is 1. The Hall–Kier alpha value is -0.610. The Morgan fingerprint density at radius 1 is 1.40 bits per heavy atom. The van der Waals surface area contributed by atoms with E-state index in [4.69, 9.17) is 5.11 Å². The summed E-state index contributed by atoms with van der Waals surface area (Å²) in [6.07, 6.45) is 0.719. The Kier molecular flexibility index (Phi) is 6.52. The Balaban J connectivity index is 3.91. The fourth-order valence-corrected chi connectivity index (χ4v) is 1.30. The van der Waals surface area contributed by atoms with E-state index >= 15 is 0 Å². The topological polar surface area (TPSA) is 52.6 Å². The first-order valence-corrected chi connectivity index (χ1v) is 5.53. The number of hydrogen-bond acceptors (Lipinski definition) is 3. The van der Waals surface area contributed by atoms with Gasteiger partial charge in [-0.15, -0.1) is 0 Å². The van der Waals surface area contributed by atoms with Crippen LogP contribution in [-0.4, -0.2) is 47.7 Å². The highest BCUT2D eigenvalue weighted by Crippen LogP contribution is 1.99. The third-order valence-corrected chi connectivity index (χ3v) is 1.96. The van der Waals surface area contributed by atoms with E-state index in [1.807, 2.05) is 32.6 Å². The van der Waals surface area contributed by atoms with Gasteiger partial charge in [0.05, 0.1) is 6.54 Å². The van der Waals surface area contributed by atoms with Crippen LogP contribution in [0.25, 0.3) is 0 Å². The average molecular weight is 216 g/mol. The van der Waals surface area contributed by atoms with Crippen LogP contribution in [-0.2, 0) is 4.79 Å². The summed E-state index contributed by atoms with van der Waals surface area (Å²) in [4.78, 5) is 13.6. The maximum atomic E-state index is 11.6. The molecule has 4 heteroatoms. The molecule has 0 aliphatic rings. The van der Waals surface area contributed by atoms with Crippen molar-refractivity contribution in [2.45, 2.75) is 39.7 Å². The standard InChI is InChI=1S/C11H24N2O2/c1-5-13(7-6-8-14)9-10(15)12-11(2,3)4/h14H,5-9H2,1-4H3,(H,12,15). The molecule has 0 rings (SSSR count). The fourth-order valence-electron chi connectivity index (χ4n) is 1.30. The monoisotopic (exact) mass is 216 g/mol. The molecule has 0 aromatic rings. The molecule has 0 aromatic carbocycles. The summed E-state index contributed by atoms with van der Waals surface area (Å²) in [5.41, 5.74) is -0.173. The first-order valence-electron chi connectivity index (χ1n) is 5.53. The summed E-state index contributed by atoms with van der Waals surface area (Å²) in [6, 6.07) is 0. The van der Waals surface area contributed by atoms with Crippen LogP contribution in [0.1, 0.15) is 34.1 Å². The van der Waals surface area contributed by atoms with Crippen LogP contribution in [0.2, 0.25) is 0 Å². The molecule has 0 atom stereocenters. The van der Waals surface area contributed by atoms with Gasteiger partial charge < -0.3 is 10.4 Å². The summed E-state index contributed by atoms with van der Waals surface area (Å²) >= 11 is 0. The molecule has 0 aromatic heterocycles. The third kappa shape index (κ3) is 8.39. The zero-order valence-corrected chi connectivity index (χ0v) is 10.3. The molecule has 0 saturated carbocycles. The highest BCUT2D eigenvalue weighted by Gasteiger charge is 2.15. The number of likely N-dealkylation sites (N-methyl/N-ethyl adjacent to an activating group) is 1. The number of aliphatic hydroxyl groups excluding tert-OH is 1. The second kappa shape index (κ2) is 6.80. The molecule has 4 nitrogen and oxygen atoms in total. The number of rotatable bonds is 6. The number of carbonyl (C=O) groups is 1. The van der Waals surface area contributed by atoms with Crippen LogP contribution in [0.15, 0.2) is 0 Å². The lowest BCUT2D eigenvalue weighted by molar-refractivity contribution is -0.123. The molecule has 0 bridgehead atoms. The highest BCUT2D eigenvalue weighted by atomic mass is 16.3. The molecule has 1 amide bonds. The predicted molar refractivity (Wildman–Crippen MR) is 61.7 cm³/mol.